The molecule has 4 aromatic rings. The number of hydrogen-bond donors (Lipinski definition) is 0. The van der Waals surface area contributed by atoms with Gasteiger partial charge in [-0.3, -0.25) is 0 Å². The minimum atomic E-state index is -0.536. The lowest BCUT2D eigenvalue weighted by molar-refractivity contribution is 0.0446. The van der Waals surface area contributed by atoms with Crippen LogP contribution in [0.4, 0.5) is 0 Å². The maximum absolute atomic E-state index is 12.1. The molecule has 0 N–H and O–H groups in total. The van der Waals surface area contributed by atoms with E-state index < -0.39 is 5.97 Å². The Hall–Kier alpha value is -3.49. The molecule has 0 fully saturated rings. The van der Waals surface area contributed by atoms with E-state index in [0.29, 0.717) is 28.6 Å². The van der Waals surface area contributed by atoms with Gasteiger partial charge in [-0.15, -0.1) is 5.10 Å². The Kier molecular flexibility index (Phi) is 3.30. The van der Waals surface area contributed by atoms with E-state index in [4.69, 9.17) is 13.6 Å². The molecule has 4 rings (SSSR count). The van der Waals surface area contributed by atoms with Crippen LogP contribution in [0.1, 0.15) is 16.1 Å². The minimum absolute atomic E-state index is 0.0505. The van der Waals surface area contributed by atoms with Gasteiger partial charge in [-0.25, -0.2) is 19.4 Å². The third kappa shape index (κ3) is 2.51. The molecule has 0 aliphatic heterocycles. The van der Waals surface area contributed by atoms with Gasteiger partial charge in [0, 0.05) is 13.2 Å². The SMILES string of the molecule is Cn1nnc2cc(C(=O)OCc3cnc(-c4ccco4)o3)cnc21. The molecule has 0 atom stereocenters. The number of rotatable bonds is 4. The fourth-order valence-electron chi connectivity index (χ4n) is 2.15. The summed E-state index contributed by atoms with van der Waals surface area (Å²) in [5, 5.41) is 7.75. The van der Waals surface area contributed by atoms with Crippen molar-refractivity contribution in [3.05, 3.63) is 48.2 Å². The summed E-state index contributed by atoms with van der Waals surface area (Å²) in [4.78, 5) is 20.3. The lowest BCUT2D eigenvalue weighted by Gasteiger charge is -2.02. The van der Waals surface area contributed by atoms with Gasteiger partial charge in [-0.05, 0) is 18.2 Å². The van der Waals surface area contributed by atoms with Gasteiger partial charge in [0.25, 0.3) is 5.89 Å². The predicted octanol–water partition coefficient (Wildman–Crippen LogP) is 1.97. The van der Waals surface area contributed by atoms with E-state index in [2.05, 4.69) is 20.3 Å². The maximum atomic E-state index is 12.1. The molecule has 0 saturated heterocycles. The molecule has 9 heteroatoms. The summed E-state index contributed by atoms with van der Waals surface area (Å²) in [6, 6.07) is 5.03. The summed E-state index contributed by atoms with van der Waals surface area (Å²) in [7, 11) is 1.72. The first-order valence-corrected chi connectivity index (χ1v) is 7.02. The topological polar surface area (TPSA) is 109 Å². The van der Waals surface area contributed by atoms with Crippen molar-refractivity contribution in [2.75, 3.05) is 0 Å². The maximum Gasteiger partial charge on any atom is 0.340 e. The zero-order valence-electron chi connectivity index (χ0n) is 12.5. The molecule has 0 amide bonds. The van der Waals surface area contributed by atoms with Crippen molar-refractivity contribution in [1.29, 1.82) is 0 Å². The zero-order chi connectivity index (χ0) is 16.5. The number of carbonyl (C=O) groups excluding carboxylic acids is 1. The third-order valence-corrected chi connectivity index (χ3v) is 3.31. The van der Waals surface area contributed by atoms with E-state index in [0.717, 1.165) is 0 Å². The number of aryl methyl sites for hydroxylation is 1. The van der Waals surface area contributed by atoms with Crippen molar-refractivity contribution in [1.82, 2.24) is 25.0 Å². The van der Waals surface area contributed by atoms with Gasteiger partial charge in [-0.2, -0.15) is 0 Å². The largest absolute Gasteiger partial charge is 0.459 e. The van der Waals surface area contributed by atoms with Crippen LogP contribution in [0.25, 0.3) is 22.8 Å². The molecule has 120 valence electrons. The van der Waals surface area contributed by atoms with Crippen LogP contribution in [-0.4, -0.2) is 30.9 Å². The standard InChI is InChI=1S/C15H11N5O4/c1-20-13-11(18-19-20)5-9(6-16-13)15(21)23-8-10-7-17-14(24-10)12-3-2-4-22-12/h2-7H,8H2,1H3. The number of nitrogens with zero attached hydrogens (tertiary/aromatic N) is 5. The second kappa shape index (κ2) is 5.61. The quantitative estimate of drug-likeness (QED) is 0.524. The summed E-state index contributed by atoms with van der Waals surface area (Å²) in [6.07, 6.45) is 4.42. The van der Waals surface area contributed by atoms with Crippen molar-refractivity contribution in [3.63, 3.8) is 0 Å². The van der Waals surface area contributed by atoms with Gasteiger partial charge in [0.2, 0.25) is 0 Å². The first-order valence-electron chi connectivity index (χ1n) is 7.02. The average molecular weight is 325 g/mol. The number of oxazole rings is 1. The van der Waals surface area contributed by atoms with Gasteiger partial charge >= 0.3 is 5.97 Å². The highest BCUT2D eigenvalue weighted by atomic mass is 16.5. The monoisotopic (exact) mass is 325 g/mol. The van der Waals surface area contributed by atoms with Gasteiger partial charge in [-0.1, -0.05) is 5.21 Å². The van der Waals surface area contributed by atoms with Crippen LogP contribution in [-0.2, 0) is 18.4 Å². The Labute approximate surface area is 134 Å². The fraction of sp³-hybridized carbons (Fsp3) is 0.133. The van der Waals surface area contributed by atoms with Crippen LogP contribution in [0, 0.1) is 0 Å². The van der Waals surface area contributed by atoms with Crippen molar-refractivity contribution in [2.24, 2.45) is 7.05 Å². The highest BCUT2D eigenvalue weighted by Gasteiger charge is 2.14. The predicted molar refractivity (Wildman–Crippen MR) is 79.6 cm³/mol. The van der Waals surface area contributed by atoms with Crippen molar-refractivity contribution in [3.8, 4) is 11.7 Å². The molecule has 0 saturated carbocycles. The molecular weight excluding hydrogens is 314 g/mol. The second-order valence-corrected chi connectivity index (χ2v) is 4.96. The molecule has 0 unspecified atom stereocenters. The Balaban J connectivity index is 1.45. The summed E-state index contributed by atoms with van der Waals surface area (Å²) in [5.74, 6) is 0.702. The van der Waals surface area contributed by atoms with Crippen molar-refractivity contribution < 1.29 is 18.4 Å². The third-order valence-electron chi connectivity index (χ3n) is 3.31. The van der Waals surface area contributed by atoms with Crippen LogP contribution < -0.4 is 0 Å². The Morgan fingerprint density at radius 3 is 3.08 bits per heavy atom. The number of hydrogen-bond acceptors (Lipinski definition) is 8. The van der Waals surface area contributed by atoms with Crippen LogP contribution >= 0.6 is 0 Å². The highest BCUT2D eigenvalue weighted by Crippen LogP contribution is 2.20. The molecule has 0 aromatic carbocycles. The van der Waals surface area contributed by atoms with E-state index in [1.807, 2.05) is 0 Å². The van der Waals surface area contributed by atoms with E-state index in [9.17, 15) is 4.79 Å². The molecule has 9 nitrogen and oxygen atoms in total. The van der Waals surface area contributed by atoms with Gasteiger partial charge < -0.3 is 13.6 Å². The first-order chi connectivity index (χ1) is 11.7. The molecule has 24 heavy (non-hydrogen) atoms. The lowest BCUT2D eigenvalue weighted by Crippen LogP contribution is -2.05. The Morgan fingerprint density at radius 1 is 1.33 bits per heavy atom. The highest BCUT2D eigenvalue weighted by molar-refractivity contribution is 5.92. The van der Waals surface area contributed by atoms with E-state index in [1.165, 1.54) is 23.3 Å². The number of fused-ring (bicyclic) bond motifs is 1. The summed E-state index contributed by atoms with van der Waals surface area (Å²) in [6.45, 7) is -0.0505. The van der Waals surface area contributed by atoms with Gasteiger partial charge in [0.15, 0.2) is 23.8 Å². The number of esters is 1. The second-order valence-electron chi connectivity index (χ2n) is 4.96. The Morgan fingerprint density at radius 2 is 2.25 bits per heavy atom. The van der Waals surface area contributed by atoms with E-state index in [-0.39, 0.29) is 12.2 Å². The fourth-order valence-corrected chi connectivity index (χ4v) is 2.15. The molecular formula is C15H11N5O4. The molecule has 0 spiro atoms. The van der Waals surface area contributed by atoms with Crippen molar-refractivity contribution in [2.45, 2.75) is 6.61 Å². The zero-order valence-corrected chi connectivity index (χ0v) is 12.5. The van der Waals surface area contributed by atoms with E-state index >= 15 is 0 Å². The van der Waals surface area contributed by atoms with Crippen molar-refractivity contribution >= 4 is 17.1 Å². The molecule has 0 aliphatic rings. The summed E-state index contributed by atoms with van der Waals surface area (Å²) < 4.78 is 17.4. The van der Waals surface area contributed by atoms with Crippen LogP contribution in [0.15, 0.2) is 45.7 Å². The van der Waals surface area contributed by atoms with Gasteiger partial charge in [0.05, 0.1) is 18.0 Å². The lowest BCUT2D eigenvalue weighted by atomic mass is 10.3. The molecule has 0 radical (unpaired) electrons. The molecule has 0 aliphatic carbocycles. The molecule has 0 bridgehead atoms. The number of furan rings is 1. The number of pyridine rings is 1. The molecule has 4 aromatic heterocycles. The average Bonchev–Trinajstić information content (AvgIpc) is 3.33. The Bertz CT molecular complexity index is 1000. The van der Waals surface area contributed by atoms with Gasteiger partial charge in [0.1, 0.15) is 5.52 Å². The van der Waals surface area contributed by atoms with Crippen LogP contribution in [0.2, 0.25) is 0 Å². The van der Waals surface area contributed by atoms with Crippen LogP contribution in [0.5, 0.6) is 0 Å². The minimum Gasteiger partial charge on any atom is -0.459 e. The number of ether oxygens (including phenoxy) is 1. The van der Waals surface area contributed by atoms with Crippen LogP contribution in [0.3, 0.4) is 0 Å². The number of aromatic nitrogens is 5. The first kappa shape index (κ1) is 14.1. The normalized spacial score (nSPS) is 11.0. The summed E-state index contributed by atoms with van der Waals surface area (Å²) >= 11 is 0. The molecule has 4 heterocycles. The smallest absolute Gasteiger partial charge is 0.340 e. The number of carbonyl (C=O) groups is 1. The van der Waals surface area contributed by atoms with E-state index in [1.54, 1.807) is 25.2 Å². The summed E-state index contributed by atoms with van der Waals surface area (Å²) in [5.41, 5.74) is 1.39.